The van der Waals surface area contributed by atoms with Crippen molar-refractivity contribution >= 4 is 60.6 Å². The van der Waals surface area contributed by atoms with Gasteiger partial charge in [0.15, 0.2) is 0 Å². The molecule has 1 amide bonds. The Labute approximate surface area is 227 Å². The van der Waals surface area contributed by atoms with Crippen LogP contribution in [-0.4, -0.2) is 27.6 Å². The van der Waals surface area contributed by atoms with Crippen LogP contribution < -0.4 is 5.32 Å². The third-order valence-corrected chi connectivity index (χ3v) is 8.90. The van der Waals surface area contributed by atoms with Crippen LogP contribution in [0.5, 0.6) is 0 Å². The van der Waals surface area contributed by atoms with Gasteiger partial charge in [-0.05, 0) is 65.5 Å². The lowest BCUT2D eigenvalue weighted by atomic mass is 10.0. The van der Waals surface area contributed by atoms with Crippen LogP contribution in [0.2, 0.25) is 0 Å². The molecule has 37 heavy (non-hydrogen) atoms. The lowest BCUT2D eigenvalue weighted by molar-refractivity contribution is 0.102. The molecule has 0 fully saturated rings. The van der Waals surface area contributed by atoms with Gasteiger partial charge in [-0.15, -0.1) is 22.7 Å². The average Bonchev–Trinajstić information content (AvgIpc) is 3.49. The molecule has 0 unspecified atom stereocenters. The molecular weight excluding hydrogens is 522 g/mol. The van der Waals surface area contributed by atoms with Crippen molar-refractivity contribution in [2.24, 2.45) is 0 Å². The summed E-state index contributed by atoms with van der Waals surface area (Å²) in [6, 6.07) is 25.0. The molecular formula is C29H22ClN3O2S2. The number of halogens is 1. The molecule has 0 saturated carbocycles. The summed E-state index contributed by atoms with van der Waals surface area (Å²) < 4.78 is 1.12. The van der Waals surface area contributed by atoms with E-state index in [1.807, 2.05) is 24.3 Å². The minimum absolute atomic E-state index is 0.226. The number of anilines is 1. The zero-order valence-electron chi connectivity index (χ0n) is 19.7. The number of aromatic nitrogens is 1. The van der Waals surface area contributed by atoms with Gasteiger partial charge in [0.2, 0.25) is 0 Å². The minimum atomic E-state index is -0.545. The second-order valence-corrected chi connectivity index (χ2v) is 11.4. The molecule has 1 aliphatic rings. The number of thiophene rings is 1. The maximum atomic E-state index is 13.2. The first-order chi connectivity index (χ1) is 18.0. The Bertz CT molecular complexity index is 1580. The number of hydrogen-bond acceptors (Lipinski definition) is 6. The minimum Gasteiger partial charge on any atom is -0.313 e. The Kier molecular flexibility index (Phi) is 6.61. The van der Waals surface area contributed by atoms with E-state index in [0.717, 1.165) is 51.8 Å². The van der Waals surface area contributed by atoms with Gasteiger partial charge >= 0.3 is 0 Å². The van der Waals surface area contributed by atoms with E-state index in [4.69, 9.17) is 16.6 Å². The van der Waals surface area contributed by atoms with Gasteiger partial charge in [0, 0.05) is 41.2 Å². The second-order valence-electron chi connectivity index (χ2n) is 8.95. The number of fused-ring (bicyclic) bond motifs is 2. The van der Waals surface area contributed by atoms with E-state index in [9.17, 15) is 9.59 Å². The molecule has 0 spiro atoms. The van der Waals surface area contributed by atoms with Crippen molar-refractivity contribution in [1.82, 2.24) is 9.88 Å². The van der Waals surface area contributed by atoms with Gasteiger partial charge in [-0.2, -0.15) is 0 Å². The fraction of sp³-hybridized carbons (Fsp3) is 0.138. The van der Waals surface area contributed by atoms with Crippen LogP contribution in [0.15, 0.2) is 78.9 Å². The van der Waals surface area contributed by atoms with Crippen LogP contribution in [0.4, 0.5) is 5.00 Å². The van der Waals surface area contributed by atoms with Crippen molar-refractivity contribution in [3.05, 3.63) is 106 Å². The molecule has 5 aromatic rings. The number of nitrogens with one attached hydrogen (secondary N) is 1. The van der Waals surface area contributed by atoms with E-state index in [0.29, 0.717) is 11.1 Å². The third-order valence-electron chi connectivity index (χ3n) is 6.49. The topological polar surface area (TPSA) is 62.3 Å². The van der Waals surface area contributed by atoms with Crippen molar-refractivity contribution in [3.63, 3.8) is 0 Å². The molecule has 3 aromatic carbocycles. The molecule has 184 valence electrons. The predicted molar refractivity (Wildman–Crippen MR) is 152 cm³/mol. The molecule has 8 heteroatoms. The summed E-state index contributed by atoms with van der Waals surface area (Å²) in [5.74, 6) is -0.226. The number of hydrogen-bond donors (Lipinski definition) is 1. The fourth-order valence-electron chi connectivity index (χ4n) is 4.65. The number of carbonyl (C=O) groups excluding carboxylic acids is 2. The summed E-state index contributed by atoms with van der Waals surface area (Å²) in [6.07, 6.45) is 0.895. The van der Waals surface area contributed by atoms with Crippen molar-refractivity contribution in [2.75, 3.05) is 11.9 Å². The van der Waals surface area contributed by atoms with Crippen LogP contribution in [0.1, 0.15) is 36.7 Å². The highest BCUT2D eigenvalue weighted by molar-refractivity contribution is 7.23. The number of nitrogens with zero attached hydrogens (tertiary/aromatic N) is 2. The first kappa shape index (κ1) is 24.0. The highest BCUT2D eigenvalue weighted by Crippen LogP contribution is 2.46. The van der Waals surface area contributed by atoms with Gasteiger partial charge in [0.1, 0.15) is 10.0 Å². The lowest BCUT2D eigenvalue weighted by Crippen LogP contribution is -2.29. The van der Waals surface area contributed by atoms with Gasteiger partial charge in [0.05, 0.1) is 10.2 Å². The molecule has 2 aromatic heterocycles. The van der Waals surface area contributed by atoms with E-state index in [-0.39, 0.29) is 5.91 Å². The van der Waals surface area contributed by atoms with Gasteiger partial charge in [-0.3, -0.25) is 14.5 Å². The Hall–Kier alpha value is -3.36. The van der Waals surface area contributed by atoms with Crippen LogP contribution in [0.3, 0.4) is 0 Å². The third kappa shape index (κ3) is 4.95. The number of benzene rings is 3. The summed E-state index contributed by atoms with van der Waals surface area (Å²) in [4.78, 5) is 33.3. The van der Waals surface area contributed by atoms with E-state index < -0.39 is 5.24 Å². The zero-order valence-corrected chi connectivity index (χ0v) is 22.1. The van der Waals surface area contributed by atoms with E-state index in [1.165, 1.54) is 16.0 Å². The first-order valence-corrected chi connectivity index (χ1v) is 13.9. The van der Waals surface area contributed by atoms with Crippen molar-refractivity contribution in [3.8, 4) is 10.6 Å². The summed E-state index contributed by atoms with van der Waals surface area (Å²) >= 11 is 8.84. The largest absolute Gasteiger partial charge is 0.313 e. The molecule has 6 rings (SSSR count). The molecule has 1 N–H and O–H groups in total. The average molecular weight is 544 g/mol. The number of para-hydroxylation sites is 1. The Morgan fingerprint density at radius 2 is 1.65 bits per heavy atom. The molecule has 3 heterocycles. The molecule has 5 nitrogen and oxygen atoms in total. The number of thiazole rings is 1. The molecule has 0 saturated heterocycles. The Morgan fingerprint density at radius 1 is 0.919 bits per heavy atom. The van der Waals surface area contributed by atoms with Gasteiger partial charge in [-0.25, -0.2) is 4.98 Å². The first-order valence-electron chi connectivity index (χ1n) is 11.9. The van der Waals surface area contributed by atoms with Gasteiger partial charge in [0.25, 0.3) is 11.1 Å². The van der Waals surface area contributed by atoms with E-state index in [1.54, 1.807) is 46.9 Å². The highest BCUT2D eigenvalue weighted by Gasteiger charge is 2.28. The lowest BCUT2D eigenvalue weighted by Gasteiger charge is -2.27. The molecule has 0 atom stereocenters. The second kappa shape index (κ2) is 10.2. The zero-order chi connectivity index (χ0) is 25.4. The number of carbonyl (C=O) groups is 2. The van der Waals surface area contributed by atoms with Crippen LogP contribution in [0.25, 0.3) is 20.8 Å². The van der Waals surface area contributed by atoms with Crippen molar-refractivity contribution < 1.29 is 9.59 Å². The van der Waals surface area contributed by atoms with Crippen molar-refractivity contribution in [1.29, 1.82) is 0 Å². The summed E-state index contributed by atoms with van der Waals surface area (Å²) in [5, 5.41) is 4.34. The monoisotopic (exact) mass is 543 g/mol. The molecule has 0 bridgehead atoms. The van der Waals surface area contributed by atoms with Gasteiger partial charge < -0.3 is 5.32 Å². The Morgan fingerprint density at radius 3 is 2.41 bits per heavy atom. The number of amides is 1. The van der Waals surface area contributed by atoms with E-state index in [2.05, 4.69) is 40.5 Å². The maximum Gasteiger partial charge on any atom is 0.256 e. The van der Waals surface area contributed by atoms with Crippen LogP contribution in [-0.2, 0) is 19.5 Å². The summed E-state index contributed by atoms with van der Waals surface area (Å²) in [6.45, 7) is 2.66. The normalized spacial score (nSPS) is 13.4. The highest BCUT2D eigenvalue weighted by atomic mass is 35.5. The SMILES string of the molecule is O=C(Cl)c1ccc(C(=O)Nc2sc3c(c2-c2nc4ccccc4s2)CCN(Cc2ccccc2)C3)cc1. The molecule has 0 aliphatic carbocycles. The quantitative estimate of drug-likeness (QED) is 0.230. The molecule has 0 radical (unpaired) electrons. The predicted octanol–water partition coefficient (Wildman–Crippen LogP) is 7.21. The van der Waals surface area contributed by atoms with Crippen molar-refractivity contribution in [2.45, 2.75) is 19.5 Å². The fourth-order valence-corrected chi connectivity index (χ4v) is 7.18. The summed E-state index contributed by atoms with van der Waals surface area (Å²) in [5.41, 5.74) is 5.38. The summed E-state index contributed by atoms with van der Waals surface area (Å²) in [7, 11) is 0. The number of rotatable bonds is 6. The standard InChI is InChI=1S/C29H22ClN3O2S2/c30-26(34)19-10-12-20(13-11-19)27(35)32-29-25(28-31-22-8-4-5-9-23(22)36-28)21-14-15-33(17-24(21)37-29)16-18-6-2-1-3-7-18/h1-13H,14-17H2,(H,32,35). The van der Waals surface area contributed by atoms with Crippen LogP contribution >= 0.6 is 34.3 Å². The smallest absolute Gasteiger partial charge is 0.256 e. The van der Waals surface area contributed by atoms with Crippen LogP contribution in [0, 0.1) is 0 Å². The van der Waals surface area contributed by atoms with Gasteiger partial charge in [-0.1, -0.05) is 42.5 Å². The van der Waals surface area contributed by atoms with E-state index >= 15 is 0 Å². The Balaban J connectivity index is 1.35. The molecule has 1 aliphatic heterocycles. The maximum absolute atomic E-state index is 13.2.